The first-order chi connectivity index (χ1) is 10.0. The highest BCUT2D eigenvalue weighted by Crippen LogP contribution is 2.24. The number of hydrogen-bond donors (Lipinski definition) is 3. The maximum absolute atomic E-state index is 12.1. The van der Waals surface area contributed by atoms with Crippen LogP contribution in [0, 0.1) is 0 Å². The summed E-state index contributed by atoms with van der Waals surface area (Å²) in [5.41, 5.74) is 0.407. The third kappa shape index (κ3) is 3.02. The number of benzene rings is 1. The highest BCUT2D eigenvalue weighted by Gasteiger charge is 2.22. The van der Waals surface area contributed by atoms with Gasteiger partial charge >= 0.3 is 5.97 Å². The number of para-hydroxylation sites is 1. The van der Waals surface area contributed by atoms with Crippen molar-refractivity contribution in [2.24, 2.45) is 0 Å². The molecule has 0 radical (unpaired) electrons. The minimum atomic E-state index is -1.23. The number of H-pyrrole nitrogens is 1. The van der Waals surface area contributed by atoms with Crippen LogP contribution in [-0.2, 0) is 0 Å². The summed E-state index contributed by atoms with van der Waals surface area (Å²) in [4.78, 5) is 29.3. The zero-order chi connectivity index (χ0) is 15.4. The predicted octanol–water partition coefficient (Wildman–Crippen LogP) is 1.61. The van der Waals surface area contributed by atoms with Gasteiger partial charge in [0.1, 0.15) is 5.75 Å². The van der Waals surface area contributed by atoms with Crippen LogP contribution in [0.4, 0.5) is 0 Å². The molecule has 2 rings (SSSR count). The largest absolute Gasteiger partial charge is 0.496 e. The Morgan fingerprint density at radius 1 is 1.38 bits per heavy atom. The van der Waals surface area contributed by atoms with Gasteiger partial charge in [-0.3, -0.25) is 4.79 Å². The lowest BCUT2D eigenvalue weighted by Gasteiger charge is -2.16. The van der Waals surface area contributed by atoms with Crippen LogP contribution >= 0.6 is 0 Å². The Morgan fingerprint density at radius 3 is 2.76 bits per heavy atom. The average Bonchev–Trinajstić information content (AvgIpc) is 2.96. The molecular formula is C14H15N3O4. The smallest absolute Gasteiger partial charge is 0.354 e. The molecule has 1 aromatic carbocycles. The Bertz CT molecular complexity index is 666. The van der Waals surface area contributed by atoms with E-state index in [1.807, 2.05) is 18.2 Å². The van der Waals surface area contributed by atoms with Gasteiger partial charge in [-0.2, -0.15) is 0 Å². The van der Waals surface area contributed by atoms with Crippen LogP contribution in [-0.4, -0.2) is 34.1 Å². The van der Waals surface area contributed by atoms with Gasteiger partial charge in [-0.05, 0) is 13.0 Å². The number of carboxylic acids is 1. The van der Waals surface area contributed by atoms with Gasteiger partial charge < -0.3 is 20.1 Å². The Kier molecular flexibility index (Phi) is 4.22. The number of imidazole rings is 1. The second-order valence-electron chi connectivity index (χ2n) is 4.37. The number of nitrogens with one attached hydrogen (secondary N) is 2. The molecule has 7 nitrogen and oxygen atoms in total. The van der Waals surface area contributed by atoms with E-state index in [9.17, 15) is 9.59 Å². The summed E-state index contributed by atoms with van der Waals surface area (Å²) in [5, 5.41) is 11.7. The molecular weight excluding hydrogens is 274 g/mol. The van der Waals surface area contributed by atoms with Crippen molar-refractivity contribution in [1.82, 2.24) is 15.3 Å². The molecule has 21 heavy (non-hydrogen) atoms. The third-order valence-electron chi connectivity index (χ3n) is 3.02. The lowest BCUT2D eigenvalue weighted by molar-refractivity contribution is 0.0684. The lowest BCUT2D eigenvalue weighted by Crippen LogP contribution is -2.28. The van der Waals surface area contributed by atoms with Crippen molar-refractivity contribution in [3.8, 4) is 5.75 Å². The monoisotopic (exact) mass is 289 g/mol. The van der Waals surface area contributed by atoms with Crippen molar-refractivity contribution in [2.45, 2.75) is 13.0 Å². The molecule has 3 N–H and O–H groups in total. The second kappa shape index (κ2) is 6.08. The Hall–Kier alpha value is -2.83. The molecule has 2 aromatic rings. The zero-order valence-corrected chi connectivity index (χ0v) is 11.6. The number of aromatic carboxylic acids is 1. The summed E-state index contributed by atoms with van der Waals surface area (Å²) in [6.07, 6.45) is 1.17. The van der Waals surface area contributed by atoms with Gasteiger partial charge in [0.15, 0.2) is 11.4 Å². The highest BCUT2D eigenvalue weighted by atomic mass is 16.5. The fourth-order valence-electron chi connectivity index (χ4n) is 2.00. The molecule has 0 fully saturated rings. The van der Waals surface area contributed by atoms with E-state index in [1.165, 1.54) is 6.33 Å². The van der Waals surface area contributed by atoms with Crippen LogP contribution in [0.5, 0.6) is 5.75 Å². The van der Waals surface area contributed by atoms with Crippen molar-refractivity contribution in [2.75, 3.05) is 7.11 Å². The first-order valence-electron chi connectivity index (χ1n) is 6.25. The number of nitrogens with zero attached hydrogens (tertiary/aromatic N) is 1. The SMILES string of the molecule is COc1ccccc1C(C)NC(=O)c1nc[nH]c1C(=O)O. The van der Waals surface area contributed by atoms with Crippen LogP contribution in [0.25, 0.3) is 0 Å². The van der Waals surface area contributed by atoms with E-state index < -0.39 is 11.9 Å². The topological polar surface area (TPSA) is 104 Å². The number of carbonyl (C=O) groups is 2. The number of methoxy groups -OCH3 is 1. The number of rotatable bonds is 5. The maximum atomic E-state index is 12.1. The minimum absolute atomic E-state index is 0.149. The minimum Gasteiger partial charge on any atom is -0.496 e. The van der Waals surface area contributed by atoms with Gasteiger partial charge in [0, 0.05) is 5.56 Å². The van der Waals surface area contributed by atoms with Crippen molar-refractivity contribution in [1.29, 1.82) is 0 Å². The number of aromatic amines is 1. The molecule has 1 unspecified atom stereocenters. The lowest BCUT2D eigenvalue weighted by atomic mass is 10.1. The van der Waals surface area contributed by atoms with Crippen LogP contribution < -0.4 is 10.1 Å². The maximum Gasteiger partial charge on any atom is 0.354 e. The molecule has 0 saturated carbocycles. The first-order valence-corrected chi connectivity index (χ1v) is 6.25. The predicted molar refractivity (Wildman–Crippen MR) is 74.4 cm³/mol. The van der Waals surface area contributed by atoms with Gasteiger partial charge in [0.05, 0.1) is 19.5 Å². The summed E-state index contributed by atoms with van der Waals surface area (Å²) < 4.78 is 5.23. The molecule has 0 aliphatic carbocycles. The Labute approximate surface area is 121 Å². The van der Waals surface area contributed by atoms with Gasteiger partial charge in [-0.25, -0.2) is 9.78 Å². The summed E-state index contributed by atoms with van der Waals surface area (Å²) >= 11 is 0. The quantitative estimate of drug-likeness (QED) is 0.775. The molecule has 0 saturated heterocycles. The summed E-state index contributed by atoms with van der Waals surface area (Å²) in [7, 11) is 1.55. The average molecular weight is 289 g/mol. The van der Waals surface area contributed by atoms with Crippen molar-refractivity contribution < 1.29 is 19.4 Å². The molecule has 1 amide bonds. The van der Waals surface area contributed by atoms with E-state index in [4.69, 9.17) is 9.84 Å². The molecule has 1 heterocycles. The molecule has 1 aromatic heterocycles. The normalized spacial score (nSPS) is 11.7. The van der Waals surface area contributed by atoms with Crippen molar-refractivity contribution in [3.05, 3.63) is 47.5 Å². The number of hydrogen-bond acceptors (Lipinski definition) is 4. The summed E-state index contributed by atoms with van der Waals surface area (Å²) in [6, 6.07) is 6.92. The Balaban J connectivity index is 2.19. The van der Waals surface area contributed by atoms with Crippen LogP contribution in [0.2, 0.25) is 0 Å². The molecule has 1 atom stereocenters. The third-order valence-corrected chi connectivity index (χ3v) is 3.02. The molecule has 0 aliphatic rings. The molecule has 0 aliphatic heterocycles. The number of amides is 1. The Morgan fingerprint density at radius 2 is 2.10 bits per heavy atom. The first kappa shape index (κ1) is 14.6. The molecule has 110 valence electrons. The molecule has 7 heteroatoms. The van der Waals surface area contributed by atoms with Gasteiger partial charge in [0.2, 0.25) is 0 Å². The van der Waals surface area contributed by atoms with E-state index in [0.29, 0.717) is 5.75 Å². The van der Waals surface area contributed by atoms with E-state index >= 15 is 0 Å². The fourth-order valence-corrected chi connectivity index (χ4v) is 2.00. The van der Waals surface area contributed by atoms with Gasteiger partial charge in [-0.1, -0.05) is 18.2 Å². The van der Waals surface area contributed by atoms with Crippen LogP contribution in [0.15, 0.2) is 30.6 Å². The molecule has 0 bridgehead atoms. The number of carboxylic acid groups (broad SMARTS) is 1. The van der Waals surface area contributed by atoms with E-state index in [1.54, 1.807) is 20.1 Å². The van der Waals surface area contributed by atoms with Gasteiger partial charge in [-0.15, -0.1) is 0 Å². The standard InChI is InChI=1S/C14H15N3O4/c1-8(9-5-3-4-6-10(9)21-2)17-13(18)11-12(14(19)20)16-7-15-11/h3-8H,1-2H3,(H,15,16)(H,17,18)(H,19,20). The van der Waals surface area contributed by atoms with Crippen LogP contribution in [0.1, 0.15) is 39.5 Å². The van der Waals surface area contributed by atoms with E-state index in [2.05, 4.69) is 15.3 Å². The summed E-state index contributed by atoms with van der Waals surface area (Å²) in [6.45, 7) is 1.78. The van der Waals surface area contributed by atoms with Crippen LogP contribution in [0.3, 0.4) is 0 Å². The second-order valence-corrected chi connectivity index (χ2v) is 4.37. The number of carbonyl (C=O) groups excluding carboxylic acids is 1. The number of ether oxygens (including phenoxy) is 1. The summed E-state index contributed by atoms with van der Waals surface area (Å²) in [5.74, 6) is -1.15. The highest BCUT2D eigenvalue weighted by molar-refractivity contribution is 6.02. The molecule has 0 spiro atoms. The number of aromatic nitrogens is 2. The van der Waals surface area contributed by atoms with Crippen molar-refractivity contribution in [3.63, 3.8) is 0 Å². The van der Waals surface area contributed by atoms with Crippen molar-refractivity contribution >= 4 is 11.9 Å². The van der Waals surface area contributed by atoms with Gasteiger partial charge in [0.25, 0.3) is 5.91 Å². The zero-order valence-electron chi connectivity index (χ0n) is 11.6. The van der Waals surface area contributed by atoms with E-state index in [0.717, 1.165) is 5.56 Å². The fraction of sp³-hybridized carbons (Fsp3) is 0.214. The van der Waals surface area contributed by atoms with E-state index in [-0.39, 0.29) is 17.4 Å².